The van der Waals surface area contributed by atoms with Crippen molar-refractivity contribution in [3.05, 3.63) is 41.0 Å². The Labute approximate surface area is 121 Å². The molecule has 0 aliphatic carbocycles. The molecule has 2 aromatic rings. The predicted octanol–water partition coefficient (Wildman–Crippen LogP) is 3.49. The molecule has 0 aliphatic heterocycles. The summed E-state index contributed by atoms with van der Waals surface area (Å²) in [5, 5.41) is 9.94. The van der Waals surface area contributed by atoms with E-state index in [4.69, 9.17) is 16.9 Å². The highest BCUT2D eigenvalue weighted by Gasteiger charge is 2.09. The van der Waals surface area contributed by atoms with Crippen LogP contribution in [0.4, 0.5) is 11.5 Å². The normalized spacial score (nSPS) is 10.0. The first kappa shape index (κ1) is 13.7. The van der Waals surface area contributed by atoms with Gasteiger partial charge in [-0.25, -0.2) is 9.97 Å². The van der Waals surface area contributed by atoms with Crippen LogP contribution in [0.15, 0.2) is 35.5 Å². The lowest BCUT2D eigenvalue weighted by Gasteiger charge is -2.18. The van der Waals surface area contributed by atoms with Gasteiger partial charge in [0.15, 0.2) is 5.16 Å². The first-order chi connectivity index (χ1) is 9.13. The molecule has 0 aliphatic rings. The Bertz CT molecular complexity index is 639. The van der Waals surface area contributed by atoms with Crippen molar-refractivity contribution in [3.8, 4) is 6.07 Å². The lowest BCUT2D eigenvalue weighted by Crippen LogP contribution is -2.12. The molecule has 1 heterocycles. The molecule has 0 radical (unpaired) electrons. The second-order valence-corrected chi connectivity index (χ2v) is 4.92. The Hall–Kier alpha value is -1.77. The summed E-state index contributed by atoms with van der Waals surface area (Å²) in [6, 6.07) is 11.1. The average molecular weight is 291 g/mol. The summed E-state index contributed by atoms with van der Waals surface area (Å²) in [7, 11) is 1.87. The van der Waals surface area contributed by atoms with E-state index in [0.29, 0.717) is 21.7 Å². The smallest absolute Gasteiger partial charge is 0.190 e. The highest BCUT2D eigenvalue weighted by Crippen LogP contribution is 2.26. The van der Waals surface area contributed by atoms with Gasteiger partial charge in [-0.1, -0.05) is 29.4 Å². The van der Waals surface area contributed by atoms with Crippen molar-refractivity contribution < 1.29 is 0 Å². The molecule has 0 amide bonds. The van der Waals surface area contributed by atoms with Gasteiger partial charge in [-0.05, 0) is 24.5 Å². The lowest BCUT2D eigenvalue weighted by atomic mass is 10.2. The summed E-state index contributed by atoms with van der Waals surface area (Å²) in [4.78, 5) is 10.4. The minimum absolute atomic E-state index is 0.401. The van der Waals surface area contributed by atoms with Crippen LogP contribution in [0, 0.1) is 11.3 Å². The van der Waals surface area contributed by atoms with Gasteiger partial charge in [0, 0.05) is 18.8 Å². The van der Waals surface area contributed by atoms with Crippen LogP contribution in [0.5, 0.6) is 0 Å². The summed E-state index contributed by atoms with van der Waals surface area (Å²) in [6.07, 6.45) is 1.89. The highest BCUT2D eigenvalue weighted by atomic mass is 35.5. The third kappa shape index (κ3) is 3.16. The monoisotopic (exact) mass is 290 g/mol. The van der Waals surface area contributed by atoms with Gasteiger partial charge in [0.25, 0.3) is 0 Å². The maximum atomic E-state index is 8.92. The van der Waals surface area contributed by atoms with Crippen LogP contribution in [-0.4, -0.2) is 23.3 Å². The predicted molar refractivity (Wildman–Crippen MR) is 78.0 cm³/mol. The first-order valence-electron chi connectivity index (χ1n) is 5.46. The fraction of sp³-hybridized carbons (Fsp3) is 0.154. The molecule has 0 bridgehead atoms. The second kappa shape index (κ2) is 5.91. The first-order valence-corrected chi connectivity index (χ1v) is 7.07. The molecule has 0 fully saturated rings. The van der Waals surface area contributed by atoms with Gasteiger partial charge < -0.3 is 4.90 Å². The molecule has 0 unspecified atom stereocenters. The summed E-state index contributed by atoms with van der Waals surface area (Å²) < 4.78 is 0. The van der Waals surface area contributed by atoms with E-state index in [1.165, 1.54) is 11.8 Å². The van der Waals surface area contributed by atoms with E-state index in [-0.39, 0.29) is 0 Å². The summed E-state index contributed by atoms with van der Waals surface area (Å²) in [5.41, 5.74) is 1.48. The van der Waals surface area contributed by atoms with Crippen molar-refractivity contribution in [1.29, 1.82) is 5.26 Å². The minimum Gasteiger partial charge on any atom is -0.329 e. The molecule has 1 aromatic carbocycles. The quantitative estimate of drug-likeness (QED) is 0.492. The van der Waals surface area contributed by atoms with Crippen molar-refractivity contribution >= 4 is 34.9 Å². The van der Waals surface area contributed by atoms with Crippen LogP contribution in [0.1, 0.15) is 5.56 Å². The molecule has 0 saturated heterocycles. The Morgan fingerprint density at radius 3 is 2.79 bits per heavy atom. The van der Waals surface area contributed by atoms with E-state index in [0.717, 1.165) is 5.69 Å². The molecule has 1 aromatic heterocycles. The van der Waals surface area contributed by atoms with E-state index >= 15 is 0 Å². The second-order valence-electron chi connectivity index (χ2n) is 3.76. The van der Waals surface area contributed by atoms with Gasteiger partial charge in [0.05, 0.1) is 11.6 Å². The number of anilines is 2. The number of rotatable bonds is 3. The van der Waals surface area contributed by atoms with Crippen LogP contribution in [0.3, 0.4) is 0 Å². The number of nitriles is 1. The number of halogens is 1. The van der Waals surface area contributed by atoms with Gasteiger partial charge in [-0.2, -0.15) is 5.26 Å². The average Bonchev–Trinajstić information content (AvgIpc) is 2.45. The zero-order chi connectivity index (χ0) is 13.8. The summed E-state index contributed by atoms with van der Waals surface area (Å²) in [6.45, 7) is 0. The summed E-state index contributed by atoms with van der Waals surface area (Å²) in [5.74, 6) is 0.694. The molecule has 0 saturated carbocycles. The molecule has 4 nitrogen and oxygen atoms in total. The standard InChI is InChI=1S/C13H11ClN4S/c1-18(10-5-3-4-9(6-10)8-15)12-7-11(14)16-13(17-12)19-2/h3-7H,1-2H3. The molecular formula is C13H11ClN4S. The van der Waals surface area contributed by atoms with Crippen molar-refractivity contribution in [1.82, 2.24) is 9.97 Å². The molecule has 0 spiro atoms. The van der Waals surface area contributed by atoms with Gasteiger partial charge in [-0.15, -0.1) is 0 Å². The van der Waals surface area contributed by atoms with Crippen LogP contribution in [0.25, 0.3) is 0 Å². The number of thioether (sulfide) groups is 1. The number of hydrogen-bond donors (Lipinski definition) is 0. The highest BCUT2D eigenvalue weighted by molar-refractivity contribution is 7.98. The largest absolute Gasteiger partial charge is 0.329 e. The van der Waals surface area contributed by atoms with E-state index in [9.17, 15) is 0 Å². The van der Waals surface area contributed by atoms with E-state index in [1.807, 2.05) is 30.3 Å². The van der Waals surface area contributed by atoms with Gasteiger partial charge >= 0.3 is 0 Å². The number of aromatic nitrogens is 2. The zero-order valence-corrected chi connectivity index (χ0v) is 12.0. The molecular weight excluding hydrogens is 280 g/mol. The van der Waals surface area contributed by atoms with Crippen LogP contribution < -0.4 is 4.90 Å². The molecule has 2 rings (SSSR count). The molecule has 0 N–H and O–H groups in total. The Morgan fingerprint density at radius 1 is 1.32 bits per heavy atom. The molecule has 96 valence electrons. The minimum atomic E-state index is 0.401. The fourth-order valence-electron chi connectivity index (χ4n) is 1.56. The fourth-order valence-corrected chi connectivity index (χ4v) is 2.17. The number of benzene rings is 1. The SMILES string of the molecule is CSc1nc(Cl)cc(N(C)c2cccc(C#N)c2)n1. The molecule has 0 atom stereocenters. The Kier molecular flexibility index (Phi) is 4.25. The van der Waals surface area contributed by atoms with E-state index < -0.39 is 0 Å². The third-order valence-corrected chi connectivity index (χ3v) is 3.29. The number of nitrogens with zero attached hydrogens (tertiary/aromatic N) is 4. The Balaban J connectivity index is 2.40. The lowest BCUT2D eigenvalue weighted by molar-refractivity contribution is 0.946. The van der Waals surface area contributed by atoms with Crippen LogP contribution in [0.2, 0.25) is 5.15 Å². The van der Waals surface area contributed by atoms with Crippen molar-refractivity contribution in [3.63, 3.8) is 0 Å². The summed E-state index contributed by atoms with van der Waals surface area (Å²) >= 11 is 7.41. The third-order valence-electron chi connectivity index (χ3n) is 2.55. The number of hydrogen-bond acceptors (Lipinski definition) is 5. The van der Waals surface area contributed by atoms with Crippen molar-refractivity contribution in [2.24, 2.45) is 0 Å². The Morgan fingerprint density at radius 2 is 2.11 bits per heavy atom. The zero-order valence-electron chi connectivity index (χ0n) is 10.5. The van der Waals surface area contributed by atoms with E-state index in [1.54, 1.807) is 18.2 Å². The van der Waals surface area contributed by atoms with Crippen molar-refractivity contribution in [2.45, 2.75) is 5.16 Å². The van der Waals surface area contributed by atoms with Gasteiger partial charge in [0.2, 0.25) is 0 Å². The maximum Gasteiger partial charge on any atom is 0.190 e. The van der Waals surface area contributed by atoms with E-state index in [2.05, 4.69) is 16.0 Å². The van der Waals surface area contributed by atoms with Gasteiger partial charge in [0.1, 0.15) is 11.0 Å². The maximum absolute atomic E-state index is 8.92. The topological polar surface area (TPSA) is 52.8 Å². The van der Waals surface area contributed by atoms with Crippen molar-refractivity contribution in [2.75, 3.05) is 18.2 Å². The van der Waals surface area contributed by atoms with Gasteiger partial charge in [-0.3, -0.25) is 0 Å². The van der Waals surface area contributed by atoms with Crippen LogP contribution in [-0.2, 0) is 0 Å². The molecule has 6 heteroatoms. The molecule has 19 heavy (non-hydrogen) atoms. The van der Waals surface area contributed by atoms with Crippen LogP contribution >= 0.6 is 23.4 Å².